The summed E-state index contributed by atoms with van der Waals surface area (Å²) in [5, 5.41) is 11.5. The maximum Gasteiger partial charge on any atom is 0.245 e. The molecular formula is C39H66N6O7. The standard InChI is InChI=1S/C39H66N6O7/c1-13-25(4)33(44(10)37(49)32(24(2)3)43-38(50)39(6,7)41-9)30(51-11)23-31(46)45-21-17-20-29(45)34(52-12)26(5)35(47)42-28(36(48)40-8)22-27-18-15-14-16-19-27/h14-16,18-19,24-26,28-30,32-34,41H,13,17,20-23H2,1-12H3,(H,40,48)(H,42,47)(H,43,50)/t25?,26?,28?,29-,30?,32?,33?,34?/m0/s1. The van der Waals surface area contributed by atoms with Crippen LogP contribution in [0.15, 0.2) is 30.3 Å². The lowest BCUT2D eigenvalue weighted by Gasteiger charge is -2.41. The number of carbonyl (C=O) groups excluding carboxylic acids is 5. The molecule has 4 N–H and O–H groups in total. The summed E-state index contributed by atoms with van der Waals surface area (Å²) in [5.41, 5.74) is 0.0418. The molecule has 1 heterocycles. The van der Waals surface area contributed by atoms with Gasteiger partial charge in [-0.05, 0) is 51.1 Å². The van der Waals surface area contributed by atoms with E-state index in [2.05, 4.69) is 21.3 Å². The lowest BCUT2D eigenvalue weighted by molar-refractivity contribution is -0.148. The van der Waals surface area contributed by atoms with Crippen molar-refractivity contribution in [1.29, 1.82) is 0 Å². The molecule has 1 aromatic carbocycles. The van der Waals surface area contributed by atoms with Crippen molar-refractivity contribution in [2.45, 2.75) is 122 Å². The fraction of sp³-hybridized carbons (Fsp3) is 0.718. The zero-order valence-corrected chi connectivity index (χ0v) is 33.6. The summed E-state index contributed by atoms with van der Waals surface area (Å²) in [6.45, 7) is 13.6. The van der Waals surface area contributed by atoms with Gasteiger partial charge in [0.2, 0.25) is 29.5 Å². The second-order valence-electron chi connectivity index (χ2n) is 15.0. The summed E-state index contributed by atoms with van der Waals surface area (Å²) in [7, 11) is 8.03. The zero-order valence-electron chi connectivity index (χ0n) is 33.6. The molecule has 0 saturated carbocycles. The average Bonchev–Trinajstić information content (AvgIpc) is 3.62. The molecule has 13 heteroatoms. The Labute approximate surface area is 311 Å². The van der Waals surface area contributed by atoms with E-state index in [1.807, 2.05) is 58.0 Å². The molecule has 0 bridgehead atoms. The number of carbonyl (C=O) groups is 5. The second kappa shape index (κ2) is 20.6. The SMILES string of the molecule is CCC(C)C(C(CC(=O)N1CCC[C@H]1C(OC)C(C)C(=O)NC(Cc1ccccc1)C(=O)NC)OC)N(C)C(=O)C(NC(=O)C(C)(C)NC)C(C)C. The smallest absolute Gasteiger partial charge is 0.245 e. The topological polar surface area (TPSA) is 158 Å². The van der Waals surface area contributed by atoms with Crippen LogP contribution in [0, 0.1) is 17.8 Å². The highest BCUT2D eigenvalue weighted by atomic mass is 16.5. The number of benzene rings is 1. The number of hydrogen-bond acceptors (Lipinski definition) is 8. The van der Waals surface area contributed by atoms with Crippen LogP contribution < -0.4 is 21.3 Å². The third kappa shape index (κ3) is 11.5. The fourth-order valence-electron chi connectivity index (χ4n) is 7.01. The van der Waals surface area contributed by atoms with E-state index in [-0.39, 0.29) is 53.8 Å². The Morgan fingerprint density at radius 3 is 2.12 bits per heavy atom. The summed E-state index contributed by atoms with van der Waals surface area (Å²) in [5.74, 6) is -2.23. The number of nitrogens with zero attached hydrogens (tertiary/aromatic N) is 2. The Kier molecular flexibility index (Phi) is 17.7. The van der Waals surface area contributed by atoms with Crippen LogP contribution in [-0.4, -0.2) is 123 Å². The maximum absolute atomic E-state index is 14.2. The van der Waals surface area contributed by atoms with Gasteiger partial charge in [0, 0.05) is 41.3 Å². The molecule has 1 fully saturated rings. The summed E-state index contributed by atoms with van der Waals surface area (Å²) in [4.78, 5) is 71.1. The van der Waals surface area contributed by atoms with E-state index >= 15 is 0 Å². The van der Waals surface area contributed by atoms with Crippen molar-refractivity contribution < 1.29 is 33.4 Å². The fourth-order valence-corrected chi connectivity index (χ4v) is 7.01. The van der Waals surface area contributed by atoms with Gasteiger partial charge in [0.1, 0.15) is 12.1 Å². The highest BCUT2D eigenvalue weighted by molar-refractivity contribution is 5.92. The number of rotatable bonds is 20. The number of amides is 5. The van der Waals surface area contributed by atoms with E-state index in [9.17, 15) is 24.0 Å². The van der Waals surface area contributed by atoms with Gasteiger partial charge >= 0.3 is 0 Å². The minimum absolute atomic E-state index is 0.0119. The van der Waals surface area contributed by atoms with E-state index in [4.69, 9.17) is 9.47 Å². The molecule has 0 radical (unpaired) electrons. The van der Waals surface area contributed by atoms with Crippen LogP contribution in [0.5, 0.6) is 0 Å². The largest absolute Gasteiger partial charge is 0.379 e. The van der Waals surface area contributed by atoms with Crippen LogP contribution in [0.25, 0.3) is 0 Å². The van der Waals surface area contributed by atoms with E-state index in [1.165, 1.54) is 14.2 Å². The molecule has 0 aromatic heterocycles. The number of hydrogen-bond donors (Lipinski definition) is 4. The van der Waals surface area contributed by atoms with Gasteiger partial charge in [0.15, 0.2) is 0 Å². The van der Waals surface area contributed by atoms with Crippen LogP contribution in [-0.2, 0) is 39.9 Å². The van der Waals surface area contributed by atoms with Crippen molar-refractivity contribution in [1.82, 2.24) is 31.1 Å². The average molecular weight is 731 g/mol. The molecule has 8 atom stereocenters. The minimum Gasteiger partial charge on any atom is -0.379 e. The molecule has 5 amide bonds. The molecule has 7 unspecified atom stereocenters. The van der Waals surface area contributed by atoms with Crippen LogP contribution in [0.4, 0.5) is 0 Å². The normalized spacial score (nSPS) is 18.8. The van der Waals surface area contributed by atoms with Crippen molar-refractivity contribution in [3.05, 3.63) is 35.9 Å². The first-order valence-electron chi connectivity index (χ1n) is 18.7. The van der Waals surface area contributed by atoms with Gasteiger partial charge in [-0.15, -0.1) is 0 Å². The lowest BCUT2D eigenvalue weighted by atomic mass is 9.89. The summed E-state index contributed by atoms with van der Waals surface area (Å²) >= 11 is 0. The van der Waals surface area contributed by atoms with E-state index < -0.39 is 41.8 Å². The van der Waals surface area contributed by atoms with Gasteiger partial charge in [0.25, 0.3) is 0 Å². The Morgan fingerprint density at radius 2 is 1.60 bits per heavy atom. The summed E-state index contributed by atoms with van der Waals surface area (Å²) in [6, 6.07) is 7.09. The Hall–Kier alpha value is -3.55. The predicted octanol–water partition coefficient (Wildman–Crippen LogP) is 2.52. The molecule has 2 rings (SSSR count). The number of likely N-dealkylation sites (N-methyl/N-ethyl adjacent to an activating group) is 3. The number of likely N-dealkylation sites (tertiary alicyclic amines) is 1. The summed E-state index contributed by atoms with van der Waals surface area (Å²) < 4.78 is 11.9. The highest BCUT2D eigenvalue weighted by Gasteiger charge is 2.43. The first-order chi connectivity index (χ1) is 24.5. The van der Waals surface area contributed by atoms with Gasteiger partial charge in [-0.25, -0.2) is 0 Å². The van der Waals surface area contributed by atoms with Crippen LogP contribution >= 0.6 is 0 Å². The third-order valence-electron chi connectivity index (χ3n) is 10.8. The Morgan fingerprint density at radius 1 is 0.962 bits per heavy atom. The number of nitrogens with one attached hydrogen (secondary N) is 4. The monoisotopic (exact) mass is 730 g/mol. The third-order valence-corrected chi connectivity index (χ3v) is 10.8. The molecule has 0 aliphatic carbocycles. The second-order valence-corrected chi connectivity index (χ2v) is 15.0. The van der Waals surface area contributed by atoms with Crippen LogP contribution in [0.1, 0.15) is 79.7 Å². The van der Waals surface area contributed by atoms with Gasteiger partial charge in [-0.3, -0.25) is 24.0 Å². The van der Waals surface area contributed by atoms with Crippen molar-refractivity contribution in [3.8, 4) is 0 Å². The lowest BCUT2D eigenvalue weighted by Crippen LogP contribution is -2.61. The molecular weight excluding hydrogens is 664 g/mol. The van der Waals surface area contributed by atoms with Crippen molar-refractivity contribution in [2.75, 3.05) is 41.9 Å². The van der Waals surface area contributed by atoms with Gasteiger partial charge in [-0.2, -0.15) is 0 Å². The molecule has 13 nitrogen and oxygen atoms in total. The van der Waals surface area contributed by atoms with E-state index in [0.717, 1.165) is 18.4 Å². The molecule has 1 saturated heterocycles. The van der Waals surface area contributed by atoms with Gasteiger partial charge in [-0.1, -0.05) is 71.4 Å². The zero-order chi connectivity index (χ0) is 39.3. The number of methoxy groups -OCH3 is 2. The molecule has 1 aromatic rings. The van der Waals surface area contributed by atoms with Crippen molar-refractivity contribution >= 4 is 29.5 Å². The molecule has 0 spiro atoms. The Balaban J connectivity index is 2.28. The Bertz CT molecular complexity index is 1330. The molecule has 1 aliphatic heterocycles. The molecule has 1 aliphatic rings. The molecule has 52 heavy (non-hydrogen) atoms. The van der Waals surface area contributed by atoms with Gasteiger partial charge < -0.3 is 40.5 Å². The highest BCUT2D eigenvalue weighted by Crippen LogP contribution is 2.30. The van der Waals surface area contributed by atoms with E-state index in [0.29, 0.717) is 19.4 Å². The first kappa shape index (κ1) is 44.6. The van der Waals surface area contributed by atoms with Crippen LogP contribution in [0.2, 0.25) is 0 Å². The predicted molar refractivity (Wildman–Crippen MR) is 202 cm³/mol. The van der Waals surface area contributed by atoms with Gasteiger partial charge in [0.05, 0.1) is 42.2 Å². The molecule has 294 valence electrons. The first-order valence-corrected chi connectivity index (χ1v) is 18.7. The summed E-state index contributed by atoms with van der Waals surface area (Å²) in [6.07, 6.45) is 1.20. The van der Waals surface area contributed by atoms with E-state index in [1.54, 1.807) is 51.8 Å². The maximum atomic E-state index is 14.2. The van der Waals surface area contributed by atoms with Crippen LogP contribution in [0.3, 0.4) is 0 Å². The quantitative estimate of drug-likeness (QED) is 0.160. The van der Waals surface area contributed by atoms with Crippen molar-refractivity contribution in [2.24, 2.45) is 17.8 Å². The number of ether oxygens (including phenoxy) is 2. The minimum atomic E-state index is -0.873. The van der Waals surface area contributed by atoms with Crippen molar-refractivity contribution in [3.63, 3.8) is 0 Å².